The van der Waals surface area contributed by atoms with E-state index in [1.807, 2.05) is 6.20 Å². The molecule has 3 heterocycles. The third kappa shape index (κ3) is 5.96. The van der Waals surface area contributed by atoms with Gasteiger partial charge >= 0.3 is 0 Å². The molecular formula is C23H36N6O3. The lowest BCUT2D eigenvalue weighted by molar-refractivity contribution is -0.0852. The maximum absolute atomic E-state index is 5.97. The van der Waals surface area contributed by atoms with Crippen molar-refractivity contribution in [3.05, 3.63) is 24.7 Å². The number of anilines is 2. The van der Waals surface area contributed by atoms with Gasteiger partial charge in [0.25, 0.3) is 5.88 Å². The zero-order chi connectivity index (χ0) is 22.3. The molecule has 1 aliphatic carbocycles. The summed E-state index contributed by atoms with van der Waals surface area (Å²) in [5, 5.41) is 8.05. The minimum Gasteiger partial charge on any atom is -0.475 e. The molecule has 1 aliphatic heterocycles. The van der Waals surface area contributed by atoms with Crippen molar-refractivity contribution in [2.24, 2.45) is 0 Å². The second kappa shape index (κ2) is 11.1. The fraction of sp³-hybridized carbons (Fsp3) is 0.696. The van der Waals surface area contributed by atoms with Crippen LogP contribution in [0.4, 0.5) is 11.6 Å². The van der Waals surface area contributed by atoms with Crippen LogP contribution in [0.1, 0.15) is 52.0 Å². The molecule has 9 heteroatoms. The Hall–Kier alpha value is -2.23. The summed E-state index contributed by atoms with van der Waals surface area (Å²) in [5.41, 5.74) is 0.798. The first-order valence-corrected chi connectivity index (χ1v) is 11.8. The molecule has 0 unspecified atom stereocenters. The highest BCUT2D eigenvalue weighted by atomic mass is 16.5. The molecule has 0 bridgehead atoms. The molecule has 0 spiro atoms. The number of ether oxygens (including phenoxy) is 3. The van der Waals surface area contributed by atoms with E-state index < -0.39 is 0 Å². The number of aromatic nitrogens is 4. The molecule has 9 nitrogen and oxygen atoms in total. The van der Waals surface area contributed by atoms with Crippen LogP contribution in [0.2, 0.25) is 0 Å². The summed E-state index contributed by atoms with van der Waals surface area (Å²) in [5.74, 6) is 1.12. The molecule has 1 saturated carbocycles. The van der Waals surface area contributed by atoms with E-state index in [9.17, 15) is 0 Å². The number of hydrogen-bond acceptors (Lipinski definition) is 8. The van der Waals surface area contributed by atoms with Gasteiger partial charge in [0.05, 0.1) is 31.1 Å². The first-order chi connectivity index (χ1) is 15.6. The maximum Gasteiger partial charge on any atom is 0.256 e. The van der Waals surface area contributed by atoms with Crippen molar-refractivity contribution in [2.45, 2.75) is 70.2 Å². The van der Waals surface area contributed by atoms with Crippen LogP contribution in [0.15, 0.2) is 24.7 Å². The standard InChI is InChI=1S/C23H36N6O3/c1-17-14-28(15-18(2)32-17)19-6-8-20(9-7-19)29-16-21(26-23-24-10-4-11-25-23)22(27-29)31-13-5-12-30-3/h4,10-11,16-20H,5-9,12-15H2,1-3H3,(H,24,25,26)/t17-,18+,19?,20?. The summed E-state index contributed by atoms with van der Waals surface area (Å²) in [6.45, 7) is 7.63. The van der Waals surface area contributed by atoms with E-state index in [1.54, 1.807) is 25.6 Å². The summed E-state index contributed by atoms with van der Waals surface area (Å²) >= 11 is 0. The molecule has 176 valence electrons. The van der Waals surface area contributed by atoms with Crippen LogP contribution in [0.25, 0.3) is 0 Å². The minimum absolute atomic E-state index is 0.314. The monoisotopic (exact) mass is 444 g/mol. The number of methoxy groups -OCH3 is 1. The highest BCUT2D eigenvalue weighted by Crippen LogP contribution is 2.35. The Balaban J connectivity index is 1.40. The van der Waals surface area contributed by atoms with Gasteiger partial charge < -0.3 is 19.5 Å². The highest BCUT2D eigenvalue weighted by Gasteiger charge is 2.32. The smallest absolute Gasteiger partial charge is 0.256 e. The SMILES string of the molecule is COCCCOc1nn(C2CCC(N3C[C@@H](C)O[C@@H](C)C3)CC2)cc1Nc1ncccn1. The van der Waals surface area contributed by atoms with Gasteiger partial charge in [-0.15, -0.1) is 5.10 Å². The minimum atomic E-state index is 0.314. The summed E-state index contributed by atoms with van der Waals surface area (Å²) in [6, 6.07) is 2.80. The number of nitrogens with zero attached hydrogens (tertiary/aromatic N) is 5. The lowest BCUT2D eigenvalue weighted by atomic mass is 9.89. The topological polar surface area (TPSA) is 86.6 Å². The second-order valence-electron chi connectivity index (χ2n) is 8.89. The van der Waals surface area contributed by atoms with Gasteiger partial charge in [-0.3, -0.25) is 9.58 Å². The molecule has 2 aromatic heterocycles. The number of nitrogens with one attached hydrogen (secondary N) is 1. The van der Waals surface area contributed by atoms with E-state index in [0.717, 1.165) is 38.0 Å². The number of rotatable bonds is 9. The van der Waals surface area contributed by atoms with Gasteiger partial charge in [0, 0.05) is 51.7 Å². The van der Waals surface area contributed by atoms with Crippen LogP contribution in [0, 0.1) is 0 Å². The molecular weight excluding hydrogens is 408 g/mol. The van der Waals surface area contributed by atoms with Crippen molar-refractivity contribution in [1.82, 2.24) is 24.6 Å². The van der Waals surface area contributed by atoms with Crippen molar-refractivity contribution < 1.29 is 14.2 Å². The lowest BCUT2D eigenvalue weighted by Gasteiger charge is -2.42. The molecule has 32 heavy (non-hydrogen) atoms. The molecule has 0 radical (unpaired) electrons. The van der Waals surface area contributed by atoms with Crippen LogP contribution >= 0.6 is 0 Å². The molecule has 2 aromatic rings. The molecule has 0 aromatic carbocycles. The van der Waals surface area contributed by atoms with E-state index >= 15 is 0 Å². The fourth-order valence-electron chi connectivity index (χ4n) is 4.81. The average molecular weight is 445 g/mol. The number of morpholine rings is 1. The van der Waals surface area contributed by atoms with Crippen LogP contribution < -0.4 is 10.1 Å². The van der Waals surface area contributed by atoms with Gasteiger partial charge in [-0.25, -0.2) is 9.97 Å². The Morgan fingerprint density at radius 3 is 2.41 bits per heavy atom. The van der Waals surface area contributed by atoms with Gasteiger partial charge in [-0.1, -0.05) is 0 Å². The Morgan fingerprint density at radius 2 is 1.72 bits per heavy atom. The van der Waals surface area contributed by atoms with Gasteiger partial charge in [0.2, 0.25) is 5.95 Å². The predicted octanol–water partition coefficient (Wildman–Crippen LogP) is 3.42. The van der Waals surface area contributed by atoms with E-state index in [2.05, 4.69) is 38.7 Å². The van der Waals surface area contributed by atoms with Gasteiger partial charge in [0.15, 0.2) is 0 Å². The molecule has 2 aliphatic rings. The van der Waals surface area contributed by atoms with Crippen LogP contribution in [0.3, 0.4) is 0 Å². The van der Waals surface area contributed by atoms with Gasteiger partial charge in [-0.05, 0) is 45.6 Å². The van der Waals surface area contributed by atoms with Crippen molar-refractivity contribution in [1.29, 1.82) is 0 Å². The van der Waals surface area contributed by atoms with Crippen molar-refractivity contribution >= 4 is 11.6 Å². The number of hydrogen-bond donors (Lipinski definition) is 1. The average Bonchev–Trinajstić information content (AvgIpc) is 3.19. The van der Waals surface area contributed by atoms with E-state index in [1.165, 1.54) is 12.8 Å². The van der Waals surface area contributed by atoms with Gasteiger partial charge in [-0.2, -0.15) is 0 Å². The van der Waals surface area contributed by atoms with E-state index in [0.29, 0.717) is 49.3 Å². The molecule has 0 amide bonds. The first-order valence-electron chi connectivity index (χ1n) is 11.8. The third-order valence-electron chi connectivity index (χ3n) is 6.25. The molecule has 1 N–H and O–H groups in total. The van der Waals surface area contributed by atoms with Crippen molar-refractivity contribution in [2.75, 3.05) is 38.7 Å². The summed E-state index contributed by atoms with van der Waals surface area (Å²) in [4.78, 5) is 11.2. The van der Waals surface area contributed by atoms with Crippen LogP contribution in [-0.2, 0) is 9.47 Å². The van der Waals surface area contributed by atoms with E-state index in [-0.39, 0.29) is 0 Å². The maximum atomic E-state index is 5.97. The Morgan fingerprint density at radius 1 is 1.03 bits per heavy atom. The summed E-state index contributed by atoms with van der Waals surface area (Å²) in [6.07, 6.45) is 11.5. The largest absolute Gasteiger partial charge is 0.475 e. The highest BCUT2D eigenvalue weighted by molar-refractivity contribution is 5.58. The Bertz CT molecular complexity index is 814. The van der Waals surface area contributed by atoms with Gasteiger partial charge in [0.1, 0.15) is 5.69 Å². The molecule has 2 fully saturated rings. The Kier molecular flexibility index (Phi) is 7.94. The van der Waals surface area contributed by atoms with E-state index in [4.69, 9.17) is 19.3 Å². The fourth-order valence-corrected chi connectivity index (χ4v) is 4.81. The van der Waals surface area contributed by atoms with Crippen LogP contribution in [0.5, 0.6) is 5.88 Å². The molecule has 2 atom stereocenters. The molecule has 4 rings (SSSR count). The molecule has 1 saturated heterocycles. The normalized spacial score (nSPS) is 26.7. The van der Waals surface area contributed by atoms with Crippen molar-refractivity contribution in [3.63, 3.8) is 0 Å². The zero-order valence-corrected chi connectivity index (χ0v) is 19.4. The first kappa shape index (κ1) is 22.9. The summed E-state index contributed by atoms with van der Waals surface area (Å²) < 4.78 is 19.1. The second-order valence-corrected chi connectivity index (χ2v) is 8.89. The quantitative estimate of drug-likeness (QED) is 0.589. The predicted molar refractivity (Wildman–Crippen MR) is 122 cm³/mol. The third-order valence-corrected chi connectivity index (χ3v) is 6.25. The Labute approximate surface area is 190 Å². The zero-order valence-electron chi connectivity index (χ0n) is 19.4. The summed E-state index contributed by atoms with van der Waals surface area (Å²) in [7, 11) is 1.70. The van der Waals surface area contributed by atoms with Crippen molar-refractivity contribution in [3.8, 4) is 5.88 Å². The van der Waals surface area contributed by atoms with Crippen LogP contribution in [-0.4, -0.2) is 76.3 Å². The lowest BCUT2D eigenvalue weighted by Crippen LogP contribution is -2.51.